The van der Waals surface area contributed by atoms with Gasteiger partial charge in [0.2, 0.25) is 0 Å². The molecule has 8 nitrogen and oxygen atoms in total. The van der Waals surface area contributed by atoms with E-state index in [0.717, 1.165) is 24.6 Å². The Morgan fingerprint density at radius 3 is 2.67 bits per heavy atom. The summed E-state index contributed by atoms with van der Waals surface area (Å²) in [6, 6.07) is 4.10. The van der Waals surface area contributed by atoms with Crippen LogP contribution in [0.15, 0.2) is 18.2 Å². The zero-order valence-electron chi connectivity index (χ0n) is 24.5. The number of benzene rings is 2. The highest BCUT2D eigenvalue weighted by Crippen LogP contribution is 2.50. The van der Waals surface area contributed by atoms with Gasteiger partial charge in [-0.05, 0) is 49.9 Å². The number of aromatic nitrogens is 2. The molecule has 242 valence electrons. The van der Waals surface area contributed by atoms with Crippen molar-refractivity contribution < 1.29 is 36.2 Å². The van der Waals surface area contributed by atoms with Crippen LogP contribution in [0.1, 0.15) is 43.2 Å². The van der Waals surface area contributed by atoms with Crippen LogP contribution < -0.4 is 15.4 Å². The van der Waals surface area contributed by atoms with Gasteiger partial charge in [0.1, 0.15) is 41.0 Å². The van der Waals surface area contributed by atoms with Crippen LogP contribution in [0.2, 0.25) is 0 Å². The number of likely N-dealkylation sites (N-methyl/N-ethyl adjacent to an activating group) is 1. The van der Waals surface area contributed by atoms with Gasteiger partial charge in [-0.1, -0.05) is 6.07 Å². The minimum atomic E-state index is -5.10. The normalized spacial score (nSPS) is 22.4. The fourth-order valence-corrected chi connectivity index (χ4v) is 8.07. The Morgan fingerprint density at radius 1 is 1.24 bits per heavy atom. The molecular formula is C31H28F6N6O2S. The van der Waals surface area contributed by atoms with Gasteiger partial charge in [-0.15, -0.1) is 11.3 Å². The Kier molecular flexibility index (Phi) is 7.08. The average Bonchev–Trinajstić information content (AvgIpc) is 3.47. The van der Waals surface area contributed by atoms with Crippen LogP contribution in [0.25, 0.3) is 32.1 Å². The van der Waals surface area contributed by atoms with Crippen LogP contribution in [-0.2, 0) is 6.18 Å². The second-order valence-electron chi connectivity index (χ2n) is 12.4. The number of nitrogen functional groups attached to an aromatic ring is 1. The topological polar surface area (TPSA) is 112 Å². The van der Waals surface area contributed by atoms with Crippen molar-refractivity contribution in [3.63, 3.8) is 0 Å². The summed E-state index contributed by atoms with van der Waals surface area (Å²) in [6.45, 7) is 0.618. The average molecular weight is 663 g/mol. The molecule has 1 saturated carbocycles. The fraction of sp³-hybridized carbons (Fsp3) is 0.452. The smallest absolute Gasteiger partial charge is 0.417 e. The molecule has 0 amide bonds. The predicted molar refractivity (Wildman–Crippen MR) is 160 cm³/mol. The molecule has 3 aliphatic rings. The van der Waals surface area contributed by atoms with Crippen LogP contribution in [0.3, 0.4) is 0 Å². The van der Waals surface area contributed by atoms with Crippen LogP contribution in [0.4, 0.5) is 37.2 Å². The summed E-state index contributed by atoms with van der Waals surface area (Å²) in [5.41, 5.74) is 1.02. The van der Waals surface area contributed by atoms with Gasteiger partial charge in [-0.2, -0.15) is 28.4 Å². The Hall–Kier alpha value is -3.87. The van der Waals surface area contributed by atoms with Crippen molar-refractivity contribution in [3.05, 3.63) is 41.0 Å². The zero-order valence-corrected chi connectivity index (χ0v) is 25.3. The van der Waals surface area contributed by atoms with E-state index in [-0.39, 0.29) is 69.6 Å². The SMILES string of the molecule is CN(c1nc(OCC23CCCN2CC(F)C3)nc2c(F)c(-c3ccc(F)c4sc(N)c(C#N)c34)c(C(F)(F)F)cc12)C1(CO)CC1. The minimum absolute atomic E-state index is 0.0133. The van der Waals surface area contributed by atoms with Gasteiger partial charge in [0.15, 0.2) is 5.82 Å². The first-order valence-electron chi connectivity index (χ1n) is 14.7. The van der Waals surface area contributed by atoms with Crippen molar-refractivity contribution >= 4 is 43.1 Å². The summed E-state index contributed by atoms with van der Waals surface area (Å²) < 4.78 is 96.3. The van der Waals surface area contributed by atoms with Crippen LogP contribution >= 0.6 is 11.3 Å². The van der Waals surface area contributed by atoms with E-state index >= 15 is 4.39 Å². The van der Waals surface area contributed by atoms with Crippen molar-refractivity contribution in [2.45, 2.75) is 55.5 Å². The quantitative estimate of drug-likeness (QED) is 0.226. The molecule has 3 fully saturated rings. The maximum Gasteiger partial charge on any atom is 0.417 e. The Labute approximate surface area is 263 Å². The highest BCUT2D eigenvalue weighted by molar-refractivity contribution is 7.23. The molecule has 2 atom stereocenters. The molecule has 2 aliphatic heterocycles. The Balaban J connectivity index is 1.47. The summed E-state index contributed by atoms with van der Waals surface area (Å²) in [7, 11) is 1.55. The Bertz CT molecular complexity index is 1940. The van der Waals surface area contributed by atoms with Crippen molar-refractivity contribution in [2.24, 2.45) is 0 Å². The minimum Gasteiger partial charge on any atom is -0.461 e. The fourth-order valence-electron chi connectivity index (χ4n) is 7.12. The van der Waals surface area contributed by atoms with Crippen LogP contribution in [0.5, 0.6) is 6.01 Å². The molecule has 0 spiro atoms. The number of fused-ring (bicyclic) bond motifs is 3. The summed E-state index contributed by atoms with van der Waals surface area (Å²) in [5, 5.41) is 19.2. The maximum absolute atomic E-state index is 16.9. The molecule has 2 aromatic carbocycles. The lowest BCUT2D eigenvalue weighted by molar-refractivity contribution is -0.137. The largest absolute Gasteiger partial charge is 0.461 e. The molecule has 1 aliphatic carbocycles. The molecule has 2 aromatic heterocycles. The number of rotatable bonds is 7. The lowest BCUT2D eigenvalue weighted by Gasteiger charge is -2.32. The van der Waals surface area contributed by atoms with Crippen LogP contribution in [0, 0.1) is 23.0 Å². The van der Waals surface area contributed by atoms with Gasteiger partial charge in [-0.3, -0.25) is 4.90 Å². The first kappa shape index (κ1) is 30.8. The molecule has 2 unspecified atom stereocenters. The lowest BCUT2D eigenvalue weighted by atomic mass is 9.92. The third-order valence-electron chi connectivity index (χ3n) is 9.78. The molecule has 7 rings (SSSR count). The number of aliphatic hydroxyl groups excluding tert-OH is 1. The van der Waals surface area contributed by atoms with E-state index in [9.17, 15) is 32.3 Å². The van der Waals surface area contributed by atoms with E-state index < -0.39 is 51.7 Å². The first-order valence-corrected chi connectivity index (χ1v) is 15.5. The number of halogens is 6. The summed E-state index contributed by atoms with van der Waals surface area (Å²) in [4.78, 5) is 12.2. The number of nitrogens with zero attached hydrogens (tertiary/aromatic N) is 5. The van der Waals surface area contributed by atoms with Gasteiger partial charge in [0, 0.05) is 36.3 Å². The van der Waals surface area contributed by atoms with Gasteiger partial charge < -0.3 is 20.5 Å². The monoisotopic (exact) mass is 662 g/mol. The van der Waals surface area contributed by atoms with Crippen molar-refractivity contribution in [3.8, 4) is 23.2 Å². The molecule has 0 bridgehead atoms. The molecule has 4 heterocycles. The van der Waals surface area contributed by atoms with Gasteiger partial charge in [-0.25, -0.2) is 13.2 Å². The number of alkyl halides is 4. The molecule has 46 heavy (non-hydrogen) atoms. The molecule has 15 heteroatoms. The molecular weight excluding hydrogens is 634 g/mol. The van der Waals surface area contributed by atoms with Crippen LogP contribution in [-0.4, -0.2) is 70.6 Å². The molecule has 4 aromatic rings. The van der Waals surface area contributed by atoms with E-state index in [0.29, 0.717) is 37.1 Å². The number of anilines is 2. The Morgan fingerprint density at radius 2 is 2.00 bits per heavy atom. The third-order valence-corrected chi connectivity index (χ3v) is 10.8. The molecule has 0 radical (unpaired) electrons. The standard InChI is InChI=1S/C31H28F6N6O2S/c1-42(29(13-44)6-7-29)27-17-9-19(31(35,36)37)22(16-3-4-20(33)25-21(16)18(11-38)26(39)46-25)23(34)24(17)40-28(41-27)45-14-30-5-2-8-43(30)12-15(32)10-30/h3-4,9,15,44H,2,5-8,10,12-14,39H2,1H3. The number of nitriles is 1. The number of thiophene rings is 1. The molecule has 2 saturated heterocycles. The van der Waals surface area contributed by atoms with Gasteiger partial charge >= 0.3 is 12.2 Å². The predicted octanol–water partition coefficient (Wildman–Crippen LogP) is 6.18. The first-order chi connectivity index (χ1) is 21.8. The summed E-state index contributed by atoms with van der Waals surface area (Å²) in [6.07, 6.45) is -3.36. The van der Waals surface area contributed by atoms with E-state index in [2.05, 4.69) is 9.97 Å². The van der Waals surface area contributed by atoms with E-state index in [1.54, 1.807) is 13.1 Å². The van der Waals surface area contributed by atoms with E-state index in [1.165, 1.54) is 4.90 Å². The summed E-state index contributed by atoms with van der Waals surface area (Å²) >= 11 is 0.678. The second-order valence-corrected chi connectivity index (χ2v) is 13.4. The number of ether oxygens (including phenoxy) is 1. The summed E-state index contributed by atoms with van der Waals surface area (Å²) in [5.74, 6) is -2.29. The highest BCUT2D eigenvalue weighted by Gasteiger charge is 2.50. The zero-order chi connectivity index (χ0) is 32.8. The lowest BCUT2D eigenvalue weighted by Crippen LogP contribution is -2.43. The van der Waals surface area contributed by atoms with Gasteiger partial charge in [0.05, 0.1) is 33.5 Å². The number of hydrogen-bond acceptors (Lipinski definition) is 9. The number of aliphatic hydroxyl groups is 1. The second kappa shape index (κ2) is 10.6. The van der Waals surface area contributed by atoms with Gasteiger partial charge in [0.25, 0.3) is 0 Å². The van der Waals surface area contributed by atoms with E-state index in [4.69, 9.17) is 10.5 Å². The third kappa shape index (κ3) is 4.64. The number of hydrogen-bond donors (Lipinski definition) is 2. The van der Waals surface area contributed by atoms with Crippen molar-refractivity contribution in [2.75, 3.05) is 44.0 Å². The van der Waals surface area contributed by atoms with Crippen molar-refractivity contribution in [1.82, 2.24) is 14.9 Å². The number of nitrogens with two attached hydrogens (primary N) is 1. The maximum atomic E-state index is 16.9. The molecule has 3 N–H and O–H groups in total. The van der Waals surface area contributed by atoms with E-state index in [1.807, 2.05) is 4.90 Å². The highest BCUT2D eigenvalue weighted by atomic mass is 32.1. The van der Waals surface area contributed by atoms with Crippen molar-refractivity contribution in [1.29, 1.82) is 5.26 Å².